The Labute approximate surface area is 106 Å². The van der Waals surface area contributed by atoms with Gasteiger partial charge in [-0.25, -0.2) is 0 Å². The number of piperidine rings is 1. The standard InChI is InChI=1S/C14H30N2O/c1-12-6-9-16(13(2)10-12)8-5-4-7-14(3,17)11-15/h12-13,17H,4-11,15H2,1-3H3. The van der Waals surface area contributed by atoms with Gasteiger partial charge in [0.05, 0.1) is 5.60 Å². The first-order valence-corrected chi connectivity index (χ1v) is 7.11. The van der Waals surface area contributed by atoms with E-state index in [4.69, 9.17) is 5.73 Å². The van der Waals surface area contributed by atoms with E-state index in [1.165, 1.54) is 32.4 Å². The molecular formula is C14H30N2O. The minimum atomic E-state index is -0.665. The highest BCUT2D eigenvalue weighted by molar-refractivity contribution is 4.77. The number of aliphatic hydroxyl groups is 1. The Kier molecular flexibility index (Phi) is 5.90. The maximum atomic E-state index is 9.81. The molecule has 102 valence electrons. The molecule has 3 heteroatoms. The third-order valence-corrected chi connectivity index (χ3v) is 4.13. The normalized spacial score (nSPS) is 30.2. The first-order chi connectivity index (χ1) is 7.94. The van der Waals surface area contributed by atoms with E-state index in [0.717, 1.165) is 24.8 Å². The van der Waals surface area contributed by atoms with Crippen LogP contribution in [0, 0.1) is 5.92 Å². The van der Waals surface area contributed by atoms with Crippen molar-refractivity contribution in [3.63, 3.8) is 0 Å². The fourth-order valence-electron chi connectivity index (χ4n) is 2.71. The van der Waals surface area contributed by atoms with Gasteiger partial charge in [0.25, 0.3) is 0 Å². The maximum absolute atomic E-state index is 9.81. The van der Waals surface area contributed by atoms with Crippen LogP contribution in [0.4, 0.5) is 0 Å². The summed E-state index contributed by atoms with van der Waals surface area (Å²) in [5, 5.41) is 9.81. The zero-order valence-corrected chi connectivity index (χ0v) is 11.8. The molecule has 0 amide bonds. The van der Waals surface area contributed by atoms with E-state index in [-0.39, 0.29) is 0 Å². The second-order valence-electron chi connectivity index (χ2n) is 6.17. The first kappa shape index (κ1) is 14.9. The largest absolute Gasteiger partial charge is 0.389 e. The quantitative estimate of drug-likeness (QED) is 0.700. The molecule has 1 fully saturated rings. The van der Waals surface area contributed by atoms with E-state index in [2.05, 4.69) is 18.7 Å². The Morgan fingerprint density at radius 3 is 2.65 bits per heavy atom. The van der Waals surface area contributed by atoms with Crippen LogP contribution in [0.25, 0.3) is 0 Å². The molecular weight excluding hydrogens is 212 g/mol. The van der Waals surface area contributed by atoms with Crippen molar-refractivity contribution in [2.24, 2.45) is 11.7 Å². The zero-order chi connectivity index (χ0) is 12.9. The molecule has 3 nitrogen and oxygen atoms in total. The summed E-state index contributed by atoms with van der Waals surface area (Å²) in [5.74, 6) is 0.888. The minimum Gasteiger partial charge on any atom is -0.389 e. The molecule has 0 radical (unpaired) electrons. The molecule has 1 aliphatic heterocycles. The van der Waals surface area contributed by atoms with E-state index in [9.17, 15) is 5.11 Å². The molecule has 3 atom stereocenters. The van der Waals surface area contributed by atoms with Gasteiger partial charge < -0.3 is 15.7 Å². The highest BCUT2D eigenvalue weighted by Crippen LogP contribution is 2.22. The number of rotatable bonds is 6. The van der Waals surface area contributed by atoms with Crippen LogP contribution in [0.3, 0.4) is 0 Å². The first-order valence-electron chi connectivity index (χ1n) is 7.11. The molecule has 1 aliphatic rings. The molecule has 17 heavy (non-hydrogen) atoms. The lowest BCUT2D eigenvalue weighted by Gasteiger charge is -2.36. The van der Waals surface area contributed by atoms with Crippen LogP contribution in [0.2, 0.25) is 0 Å². The number of unbranched alkanes of at least 4 members (excludes halogenated alkanes) is 1. The van der Waals surface area contributed by atoms with Crippen molar-refractivity contribution in [2.75, 3.05) is 19.6 Å². The van der Waals surface area contributed by atoms with Crippen LogP contribution < -0.4 is 5.73 Å². The predicted octanol–water partition coefficient (Wildman–Crippen LogP) is 1.99. The second-order valence-corrected chi connectivity index (χ2v) is 6.17. The molecule has 3 N–H and O–H groups in total. The Morgan fingerprint density at radius 2 is 2.06 bits per heavy atom. The van der Waals surface area contributed by atoms with Crippen molar-refractivity contribution >= 4 is 0 Å². The van der Waals surface area contributed by atoms with Gasteiger partial charge in [-0.1, -0.05) is 6.92 Å². The molecule has 3 unspecified atom stereocenters. The van der Waals surface area contributed by atoms with Crippen LogP contribution in [0.5, 0.6) is 0 Å². The summed E-state index contributed by atoms with van der Waals surface area (Å²) >= 11 is 0. The lowest BCUT2D eigenvalue weighted by Crippen LogP contribution is -2.40. The van der Waals surface area contributed by atoms with Crippen LogP contribution in [0.1, 0.15) is 52.9 Å². The van der Waals surface area contributed by atoms with Crippen LogP contribution in [-0.2, 0) is 0 Å². The third-order valence-electron chi connectivity index (χ3n) is 4.13. The molecule has 0 saturated carbocycles. The van der Waals surface area contributed by atoms with Crippen LogP contribution in [-0.4, -0.2) is 41.3 Å². The Balaban J connectivity index is 2.14. The number of hydrogen-bond donors (Lipinski definition) is 2. The van der Waals surface area contributed by atoms with Crippen molar-refractivity contribution in [3.8, 4) is 0 Å². The summed E-state index contributed by atoms with van der Waals surface area (Å²) in [6, 6.07) is 0.730. The van der Waals surface area contributed by atoms with Crippen LogP contribution in [0.15, 0.2) is 0 Å². The average molecular weight is 242 g/mol. The van der Waals surface area contributed by atoms with Gasteiger partial charge in [0.15, 0.2) is 0 Å². The van der Waals surface area contributed by atoms with E-state index in [1.807, 2.05) is 6.92 Å². The average Bonchev–Trinajstić information content (AvgIpc) is 2.27. The van der Waals surface area contributed by atoms with Gasteiger partial charge in [-0.05, 0) is 65.0 Å². The summed E-state index contributed by atoms with van der Waals surface area (Å²) in [7, 11) is 0. The summed E-state index contributed by atoms with van der Waals surface area (Å²) in [5.41, 5.74) is 4.84. The molecule has 1 rings (SSSR count). The van der Waals surface area contributed by atoms with Crippen molar-refractivity contribution < 1.29 is 5.11 Å². The number of likely N-dealkylation sites (tertiary alicyclic amines) is 1. The van der Waals surface area contributed by atoms with Gasteiger partial charge in [-0.2, -0.15) is 0 Å². The van der Waals surface area contributed by atoms with Crippen molar-refractivity contribution in [1.82, 2.24) is 4.90 Å². The summed E-state index contributed by atoms with van der Waals surface area (Å²) < 4.78 is 0. The Bertz CT molecular complexity index is 218. The van der Waals surface area contributed by atoms with E-state index >= 15 is 0 Å². The van der Waals surface area contributed by atoms with E-state index in [1.54, 1.807) is 0 Å². The molecule has 0 spiro atoms. The van der Waals surface area contributed by atoms with Crippen molar-refractivity contribution in [3.05, 3.63) is 0 Å². The highest BCUT2D eigenvalue weighted by atomic mass is 16.3. The van der Waals surface area contributed by atoms with Crippen LogP contribution >= 0.6 is 0 Å². The Morgan fingerprint density at radius 1 is 1.35 bits per heavy atom. The molecule has 0 aromatic carbocycles. The SMILES string of the molecule is CC1CCN(CCCCC(C)(O)CN)C(C)C1. The lowest BCUT2D eigenvalue weighted by molar-refractivity contribution is 0.0547. The Hall–Kier alpha value is -0.120. The topological polar surface area (TPSA) is 49.5 Å². The van der Waals surface area contributed by atoms with Gasteiger partial charge in [0.1, 0.15) is 0 Å². The molecule has 1 heterocycles. The smallest absolute Gasteiger partial charge is 0.0741 e. The fourth-order valence-corrected chi connectivity index (χ4v) is 2.71. The highest BCUT2D eigenvalue weighted by Gasteiger charge is 2.22. The number of nitrogens with two attached hydrogens (primary N) is 1. The van der Waals surface area contributed by atoms with Crippen molar-refractivity contribution in [1.29, 1.82) is 0 Å². The molecule has 0 aliphatic carbocycles. The summed E-state index contributed by atoms with van der Waals surface area (Å²) in [6.07, 6.45) is 5.74. The number of nitrogens with zero attached hydrogens (tertiary/aromatic N) is 1. The third kappa shape index (κ3) is 5.36. The molecule has 1 saturated heterocycles. The van der Waals surface area contributed by atoms with Gasteiger partial charge in [-0.15, -0.1) is 0 Å². The maximum Gasteiger partial charge on any atom is 0.0741 e. The van der Waals surface area contributed by atoms with Gasteiger partial charge in [0, 0.05) is 12.6 Å². The van der Waals surface area contributed by atoms with Gasteiger partial charge in [0.2, 0.25) is 0 Å². The van der Waals surface area contributed by atoms with Crippen molar-refractivity contribution in [2.45, 2.75) is 64.5 Å². The van der Waals surface area contributed by atoms with Gasteiger partial charge in [-0.3, -0.25) is 0 Å². The van der Waals surface area contributed by atoms with Gasteiger partial charge >= 0.3 is 0 Å². The predicted molar refractivity (Wildman–Crippen MR) is 73.0 cm³/mol. The summed E-state index contributed by atoms with van der Waals surface area (Å²) in [4.78, 5) is 2.59. The second kappa shape index (κ2) is 6.72. The van der Waals surface area contributed by atoms with E-state index in [0.29, 0.717) is 6.54 Å². The number of hydrogen-bond acceptors (Lipinski definition) is 3. The molecule has 0 aromatic heterocycles. The summed E-state index contributed by atoms with van der Waals surface area (Å²) in [6.45, 7) is 9.31. The molecule has 0 aromatic rings. The van der Waals surface area contributed by atoms with E-state index < -0.39 is 5.60 Å². The monoisotopic (exact) mass is 242 g/mol. The minimum absolute atomic E-state index is 0.366. The fraction of sp³-hybridized carbons (Fsp3) is 1.00. The lowest BCUT2D eigenvalue weighted by atomic mass is 9.93. The zero-order valence-electron chi connectivity index (χ0n) is 11.8. The molecule has 0 bridgehead atoms.